The van der Waals surface area contributed by atoms with Crippen LogP contribution in [-0.4, -0.2) is 15.2 Å². The van der Waals surface area contributed by atoms with Gasteiger partial charge < -0.3 is 0 Å². The molecule has 1 aliphatic rings. The van der Waals surface area contributed by atoms with Gasteiger partial charge in [-0.1, -0.05) is 53.6 Å². The molecule has 22 heavy (non-hydrogen) atoms. The van der Waals surface area contributed by atoms with Crippen molar-refractivity contribution in [2.75, 3.05) is 4.90 Å². The second-order valence-corrected chi connectivity index (χ2v) is 6.84. The second-order valence-electron chi connectivity index (χ2n) is 4.40. The molecule has 0 spiro atoms. The minimum Gasteiger partial charge on any atom is -0.282 e. The van der Waals surface area contributed by atoms with Crippen molar-refractivity contribution in [3.63, 3.8) is 0 Å². The molecular weight excluding hydrogens is 357 g/mol. The first-order valence-electron chi connectivity index (χ1n) is 6.26. The quantitative estimate of drug-likeness (QED) is 0.710. The van der Waals surface area contributed by atoms with Gasteiger partial charge in [-0.2, -0.15) is 0 Å². The Labute approximate surface area is 147 Å². The molecule has 110 valence electrons. The number of para-hydroxylation sites is 1. The van der Waals surface area contributed by atoms with Gasteiger partial charge in [-0.3, -0.25) is 10.3 Å². The van der Waals surface area contributed by atoms with Crippen LogP contribution >= 0.6 is 47.2 Å². The number of nitrogens with zero attached hydrogens (tertiary/aromatic N) is 2. The Morgan fingerprint density at radius 3 is 2.45 bits per heavy atom. The molecule has 0 aromatic heterocycles. The topological polar surface area (TPSA) is 39.5 Å². The summed E-state index contributed by atoms with van der Waals surface area (Å²) in [5, 5.41) is 9.76. The lowest BCUT2D eigenvalue weighted by atomic mass is 10.3. The van der Waals surface area contributed by atoms with Crippen LogP contribution in [0.25, 0.3) is 0 Å². The number of hydrogen-bond acceptors (Lipinski definition) is 4. The lowest BCUT2D eigenvalue weighted by Gasteiger charge is -2.16. The molecule has 2 aromatic carbocycles. The molecule has 0 atom stereocenters. The second kappa shape index (κ2) is 6.38. The highest BCUT2D eigenvalue weighted by Gasteiger charge is 2.31. The number of halogens is 2. The van der Waals surface area contributed by atoms with Crippen LogP contribution in [0.2, 0.25) is 10.0 Å². The number of thioether (sulfide) groups is 1. The van der Waals surface area contributed by atoms with Gasteiger partial charge in [0.25, 0.3) is 0 Å². The van der Waals surface area contributed by atoms with Gasteiger partial charge in [0.1, 0.15) is 5.04 Å². The summed E-state index contributed by atoms with van der Waals surface area (Å²) >= 11 is 18.6. The van der Waals surface area contributed by atoms with Crippen molar-refractivity contribution in [2.24, 2.45) is 4.99 Å². The van der Waals surface area contributed by atoms with Crippen LogP contribution in [0.5, 0.6) is 0 Å². The van der Waals surface area contributed by atoms with Crippen molar-refractivity contribution < 1.29 is 0 Å². The van der Waals surface area contributed by atoms with Gasteiger partial charge in [0.15, 0.2) is 10.2 Å². The standard InChI is InChI=1S/C15H9Cl2N3S2/c16-11-7-6-10(8-12(11)17)20-13(18)14(22-15(20)21)19-9-4-2-1-3-5-9/h1-8,18H. The third kappa shape index (κ3) is 3.03. The highest BCUT2D eigenvalue weighted by atomic mass is 35.5. The molecule has 0 amide bonds. The molecule has 1 fully saturated rings. The van der Waals surface area contributed by atoms with Crippen LogP contribution in [0.4, 0.5) is 11.4 Å². The van der Waals surface area contributed by atoms with Crippen molar-refractivity contribution in [3.8, 4) is 0 Å². The van der Waals surface area contributed by atoms with Crippen LogP contribution < -0.4 is 4.90 Å². The predicted octanol–water partition coefficient (Wildman–Crippen LogP) is 5.54. The van der Waals surface area contributed by atoms with Gasteiger partial charge in [-0.25, -0.2) is 4.99 Å². The average molecular weight is 366 g/mol. The first kappa shape index (κ1) is 15.5. The minimum atomic E-state index is 0.234. The van der Waals surface area contributed by atoms with E-state index in [1.54, 1.807) is 23.1 Å². The highest BCUT2D eigenvalue weighted by molar-refractivity contribution is 8.35. The summed E-state index contributed by atoms with van der Waals surface area (Å²) in [6.07, 6.45) is 0. The van der Waals surface area contributed by atoms with Gasteiger partial charge in [0, 0.05) is 0 Å². The fourth-order valence-electron chi connectivity index (χ4n) is 1.92. The number of thiocarbonyl (C=S) groups is 1. The number of anilines is 1. The molecule has 1 saturated heterocycles. The predicted molar refractivity (Wildman–Crippen MR) is 100 cm³/mol. The Morgan fingerprint density at radius 2 is 1.77 bits per heavy atom. The lowest BCUT2D eigenvalue weighted by Crippen LogP contribution is -2.28. The van der Waals surface area contributed by atoms with E-state index in [9.17, 15) is 0 Å². The number of hydrogen-bond donors (Lipinski definition) is 1. The summed E-state index contributed by atoms with van der Waals surface area (Å²) < 4.78 is 0.540. The van der Waals surface area contributed by atoms with Crippen molar-refractivity contribution in [1.82, 2.24) is 0 Å². The zero-order chi connectivity index (χ0) is 15.7. The van der Waals surface area contributed by atoms with Crippen molar-refractivity contribution >= 4 is 73.8 Å². The van der Waals surface area contributed by atoms with Gasteiger partial charge in [-0.05, 0) is 42.1 Å². The van der Waals surface area contributed by atoms with Crippen molar-refractivity contribution in [2.45, 2.75) is 0 Å². The fraction of sp³-hybridized carbons (Fsp3) is 0. The van der Waals surface area contributed by atoms with Crippen LogP contribution in [-0.2, 0) is 0 Å². The summed E-state index contributed by atoms with van der Waals surface area (Å²) in [4.78, 5) is 6.10. The van der Waals surface area contributed by atoms with Gasteiger partial charge in [0.2, 0.25) is 0 Å². The van der Waals surface area contributed by atoms with Gasteiger partial charge in [-0.15, -0.1) is 0 Å². The van der Waals surface area contributed by atoms with Crippen molar-refractivity contribution in [3.05, 3.63) is 58.6 Å². The van der Waals surface area contributed by atoms with E-state index in [1.165, 1.54) is 11.8 Å². The Hall–Kier alpha value is -1.40. The van der Waals surface area contributed by atoms with E-state index in [0.29, 0.717) is 25.1 Å². The van der Waals surface area contributed by atoms with E-state index >= 15 is 0 Å². The first-order valence-corrected chi connectivity index (χ1v) is 8.24. The highest BCUT2D eigenvalue weighted by Crippen LogP contribution is 2.34. The van der Waals surface area contributed by atoms with E-state index in [0.717, 1.165) is 5.69 Å². The molecule has 1 heterocycles. The number of amidine groups is 1. The summed E-state index contributed by atoms with van der Waals surface area (Å²) in [6, 6.07) is 14.6. The maximum atomic E-state index is 8.32. The Bertz CT molecular complexity index is 791. The molecule has 0 unspecified atom stereocenters. The number of aliphatic imine (C=N–C) groups is 1. The summed E-state index contributed by atoms with van der Waals surface area (Å²) in [5.74, 6) is 0.234. The lowest BCUT2D eigenvalue weighted by molar-refractivity contribution is 1.40. The van der Waals surface area contributed by atoms with E-state index in [4.69, 9.17) is 40.8 Å². The average Bonchev–Trinajstić information content (AvgIpc) is 2.78. The zero-order valence-corrected chi connectivity index (χ0v) is 14.2. The smallest absolute Gasteiger partial charge is 0.164 e. The monoisotopic (exact) mass is 365 g/mol. The first-order chi connectivity index (χ1) is 10.6. The maximum Gasteiger partial charge on any atom is 0.164 e. The zero-order valence-electron chi connectivity index (χ0n) is 11.1. The maximum absolute atomic E-state index is 8.32. The number of nitrogens with one attached hydrogen (secondary N) is 1. The molecule has 1 N–H and O–H groups in total. The third-order valence-electron chi connectivity index (χ3n) is 2.94. The van der Waals surface area contributed by atoms with Crippen LogP contribution in [0.3, 0.4) is 0 Å². The SMILES string of the molecule is N=C1C(=Nc2ccccc2)SC(=S)N1c1ccc(Cl)c(Cl)c1. The summed E-state index contributed by atoms with van der Waals surface area (Å²) in [5.41, 5.74) is 1.49. The molecular formula is C15H9Cl2N3S2. The summed E-state index contributed by atoms with van der Waals surface area (Å²) in [7, 11) is 0. The molecule has 0 saturated carbocycles. The van der Waals surface area contributed by atoms with Crippen LogP contribution in [0.1, 0.15) is 0 Å². The van der Waals surface area contributed by atoms with E-state index in [-0.39, 0.29) is 5.84 Å². The molecule has 0 bridgehead atoms. The number of benzene rings is 2. The number of rotatable bonds is 2. The Morgan fingerprint density at radius 1 is 1.05 bits per heavy atom. The van der Waals surface area contributed by atoms with E-state index in [1.807, 2.05) is 30.3 Å². The molecule has 2 aromatic rings. The molecule has 7 heteroatoms. The molecule has 0 radical (unpaired) electrons. The Kier molecular flexibility index (Phi) is 4.49. The molecule has 0 aliphatic carbocycles. The van der Waals surface area contributed by atoms with Gasteiger partial charge >= 0.3 is 0 Å². The fourth-order valence-corrected chi connectivity index (χ4v) is 3.44. The van der Waals surface area contributed by atoms with Crippen LogP contribution in [0.15, 0.2) is 53.5 Å². The van der Waals surface area contributed by atoms with E-state index < -0.39 is 0 Å². The largest absolute Gasteiger partial charge is 0.282 e. The van der Waals surface area contributed by atoms with Crippen molar-refractivity contribution in [1.29, 1.82) is 5.41 Å². The normalized spacial score (nSPS) is 16.6. The summed E-state index contributed by atoms with van der Waals surface area (Å²) in [6.45, 7) is 0. The molecule has 1 aliphatic heterocycles. The molecule has 3 nitrogen and oxygen atoms in total. The van der Waals surface area contributed by atoms with Crippen LogP contribution in [0, 0.1) is 5.41 Å². The van der Waals surface area contributed by atoms with E-state index in [2.05, 4.69) is 4.99 Å². The minimum absolute atomic E-state index is 0.234. The Balaban J connectivity index is 1.95. The van der Waals surface area contributed by atoms with Gasteiger partial charge in [0.05, 0.1) is 21.4 Å². The third-order valence-corrected chi connectivity index (χ3v) is 4.95. The molecule has 3 rings (SSSR count).